The highest BCUT2D eigenvalue weighted by Crippen LogP contribution is 2.33. The fourth-order valence-corrected chi connectivity index (χ4v) is 4.63. The fraction of sp³-hybridized carbons (Fsp3) is 0.679. The van der Waals surface area contributed by atoms with Crippen LogP contribution >= 0.6 is 0 Å². The predicted molar refractivity (Wildman–Crippen MR) is 141 cm³/mol. The Morgan fingerprint density at radius 1 is 1.00 bits per heavy atom. The van der Waals surface area contributed by atoms with Crippen LogP contribution in [0.1, 0.15) is 65.9 Å². The van der Waals surface area contributed by atoms with Gasteiger partial charge in [-0.05, 0) is 76.3 Å². The van der Waals surface area contributed by atoms with E-state index in [0.29, 0.717) is 13.0 Å². The fourth-order valence-electron chi connectivity index (χ4n) is 4.63. The summed E-state index contributed by atoms with van der Waals surface area (Å²) in [6, 6.07) is 6.20. The summed E-state index contributed by atoms with van der Waals surface area (Å²) in [6.45, 7) is 10.3. The van der Waals surface area contributed by atoms with E-state index in [0.717, 1.165) is 37.0 Å². The van der Waals surface area contributed by atoms with Crippen molar-refractivity contribution < 1.29 is 19.1 Å². The number of amides is 3. The third-order valence-electron chi connectivity index (χ3n) is 7.17. The first-order valence-electron chi connectivity index (χ1n) is 13.4. The van der Waals surface area contributed by atoms with Crippen molar-refractivity contribution in [1.82, 2.24) is 20.9 Å². The normalized spacial score (nSPS) is 29.5. The van der Waals surface area contributed by atoms with Gasteiger partial charge in [-0.2, -0.15) is 0 Å². The molecule has 5 atom stereocenters. The number of benzene rings is 1. The van der Waals surface area contributed by atoms with E-state index in [1.807, 2.05) is 45.9 Å². The van der Waals surface area contributed by atoms with Crippen molar-refractivity contribution in [3.05, 3.63) is 29.8 Å². The van der Waals surface area contributed by atoms with Gasteiger partial charge in [0.1, 0.15) is 23.9 Å². The molecule has 1 aliphatic carbocycles. The minimum Gasteiger partial charge on any atom is -0.489 e. The molecule has 200 valence electrons. The van der Waals surface area contributed by atoms with Crippen LogP contribution in [-0.2, 0) is 20.8 Å². The summed E-state index contributed by atoms with van der Waals surface area (Å²) in [6.07, 6.45) is 3.87. The molecule has 1 aromatic carbocycles. The quantitative estimate of drug-likeness (QED) is 0.593. The van der Waals surface area contributed by atoms with Crippen molar-refractivity contribution in [2.45, 2.75) is 97.0 Å². The topological polar surface area (TPSA) is 99.8 Å². The molecular weight excluding hydrogens is 456 g/mol. The lowest BCUT2D eigenvalue weighted by molar-refractivity contribution is -0.141. The Hall–Kier alpha value is -2.61. The number of hydrogen-bond donors (Lipinski definition) is 3. The second-order valence-electron chi connectivity index (χ2n) is 11.0. The lowest BCUT2D eigenvalue weighted by atomic mass is 10.0. The predicted octanol–water partition coefficient (Wildman–Crippen LogP) is 2.65. The minimum absolute atomic E-state index is 0.0731. The molecule has 1 unspecified atom stereocenters. The maximum atomic E-state index is 13.4. The number of para-hydroxylation sites is 1. The Balaban J connectivity index is 1.86. The molecular formula is C28H44N4O4. The third kappa shape index (κ3) is 7.69. The number of ether oxygens (including phenoxy) is 1. The number of nitrogens with zero attached hydrogens (tertiary/aromatic N) is 1. The molecule has 1 aliphatic heterocycles. The van der Waals surface area contributed by atoms with Gasteiger partial charge in [-0.1, -0.05) is 32.0 Å². The second-order valence-corrected chi connectivity index (χ2v) is 11.0. The average molecular weight is 501 g/mol. The van der Waals surface area contributed by atoms with Crippen molar-refractivity contribution in [3.63, 3.8) is 0 Å². The molecule has 36 heavy (non-hydrogen) atoms. The molecule has 8 heteroatoms. The molecule has 1 heterocycles. The molecule has 2 aliphatic rings. The number of carbonyl (C=O) groups is 3. The zero-order valence-electron chi connectivity index (χ0n) is 22.7. The van der Waals surface area contributed by atoms with Gasteiger partial charge in [-0.3, -0.25) is 14.4 Å². The summed E-state index contributed by atoms with van der Waals surface area (Å²) in [4.78, 5) is 41.2. The number of likely N-dealkylation sites (N-methyl/N-ethyl adjacent to an activating group) is 1. The smallest absolute Gasteiger partial charge is 0.243 e. The summed E-state index contributed by atoms with van der Waals surface area (Å²) in [5.41, 5.74) is 1.09. The molecule has 0 saturated heterocycles. The van der Waals surface area contributed by atoms with Gasteiger partial charge in [0.25, 0.3) is 0 Å². The van der Waals surface area contributed by atoms with Crippen LogP contribution in [0.2, 0.25) is 0 Å². The van der Waals surface area contributed by atoms with Crippen molar-refractivity contribution in [2.75, 3.05) is 13.6 Å². The Morgan fingerprint density at radius 2 is 1.69 bits per heavy atom. The monoisotopic (exact) mass is 500 g/mol. The molecule has 3 N–H and O–H groups in total. The van der Waals surface area contributed by atoms with Crippen molar-refractivity contribution in [2.24, 2.45) is 11.8 Å². The van der Waals surface area contributed by atoms with Gasteiger partial charge in [-0.25, -0.2) is 0 Å². The molecule has 3 rings (SSSR count). The van der Waals surface area contributed by atoms with Crippen LogP contribution in [0.4, 0.5) is 0 Å². The maximum Gasteiger partial charge on any atom is 0.243 e. The Bertz CT molecular complexity index is 917. The summed E-state index contributed by atoms with van der Waals surface area (Å²) in [5, 5.41) is 9.42. The molecule has 0 aromatic heterocycles. The molecule has 1 fully saturated rings. The van der Waals surface area contributed by atoms with E-state index in [-0.39, 0.29) is 47.7 Å². The van der Waals surface area contributed by atoms with Crippen LogP contribution in [0.5, 0.6) is 5.75 Å². The van der Waals surface area contributed by atoms with Gasteiger partial charge in [0.05, 0.1) is 6.04 Å². The first-order chi connectivity index (χ1) is 17.1. The molecule has 3 amide bonds. The minimum atomic E-state index is -0.695. The summed E-state index contributed by atoms with van der Waals surface area (Å²) in [5.74, 6) is 0.700. The lowest BCUT2D eigenvalue weighted by Gasteiger charge is -2.31. The van der Waals surface area contributed by atoms with E-state index in [9.17, 15) is 14.4 Å². The van der Waals surface area contributed by atoms with Gasteiger partial charge in [0.15, 0.2) is 0 Å². The maximum absolute atomic E-state index is 13.4. The van der Waals surface area contributed by atoms with Crippen LogP contribution in [0.25, 0.3) is 0 Å². The number of rotatable bonds is 3. The summed E-state index contributed by atoms with van der Waals surface area (Å²) >= 11 is 0. The van der Waals surface area contributed by atoms with Crippen LogP contribution in [0, 0.1) is 11.8 Å². The Morgan fingerprint density at radius 3 is 2.36 bits per heavy atom. The SMILES string of the molecule is CC(C)C[C@H]1NC(=O)[C@@H](C)N(C)C(=O)C(C2CC2)NC[C@@H](C)Oc2ccccc2CC[C@H](C)NC1=O. The summed E-state index contributed by atoms with van der Waals surface area (Å²) < 4.78 is 6.27. The largest absolute Gasteiger partial charge is 0.489 e. The van der Waals surface area contributed by atoms with E-state index in [1.165, 1.54) is 4.90 Å². The van der Waals surface area contributed by atoms with E-state index < -0.39 is 12.1 Å². The number of fused-ring (bicyclic) bond motifs is 1. The highest BCUT2D eigenvalue weighted by Gasteiger charge is 2.39. The average Bonchev–Trinajstić information content (AvgIpc) is 3.66. The third-order valence-corrected chi connectivity index (χ3v) is 7.17. The second kappa shape index (κ2) is 12.6. The van der Waals surface area contributed by atoms with Crippen LogP contribution in [0.15, 0.2) is 24.3 Å². The van der Waals surface area contributed by atoms with Crippen LogP contribution < -0.4 is 20.7 Å². The van der Waals surface area contributed by atoms with Crippen LogP contribution in [-0.4, -0.2) is 66.5 Å². The highest BCUT2D eigenvalue weighted by atomic mass is 16.5. The molecule has 0 radical (unpaired) electrons. The number of carbonyl (C=O) groups excluding carboxylic acids is 3. The van der Waals surface area contributed by atoms with E-state index in [1.54, 1.807) is 14.0 Å². The highest BCUT2D eigenvalue weighted by molar-refractivity contribution is 5.93. The van der Waals surface area contributed by atoms with Gasteiger partial charge in [0, 0.05) is 19.6 Å². The Labute approximate surface area is 215 Å². The molecule has 1 saturated carbocycles. The summed E-state index contributed by atoms with van der Waals surface area (Å²) in [7, 11) is 1.66. The Kier molecular flexibility index (Phi) is 9.77. The van der Waals surface area contributed by atoms with Gasteiger partial charge in [0.2, 0.25) is 17.7 Å². The first-order valence-corrected chi connectivity index (χ1v) is 13.4. The van der Waals surface area contributed by atoms with E-state index >= 15 is 0 Å². The number of aryl methyl sites for hydroxylation is 1. The zero-order chi connectivity index (χ0) is 26.4. The zero-order valence-corrected chi connectivity index (χ0v) is 22.7. The van der Waals surface area contributed by atoms with Gasteiger partial charge in [-0.15, -0.1) is 0 Å². The molecule has 0 bridgehead atoms. The lowest BCUT2D eigenvalue weighted by Crippen LogP contribution is -2.57. The standard InChI is InChI=1S/C28H44N4O4/c1-17(2)15-23-27(34)30-18(3)11-12-21-9-7-8-10-24(21)36-19(4)16-29-25(22-13-14-22)28(35)32(6)20(5)26(33)31-23/h7-10,17-20,22-23,25,29H,11-16H2,1-6H3,(H,30,34)(H,31,33)/t18-,19+,20+,23+,25?/m0/s1. The number of hydrogen-bond acceptors (Lipinski definition) is 5. The molecule has 8 nitrogen and oxygen atoms in total. The van der Waals surface area contributed by atoms with Crippen molar-refractivity contribution >= 4 is 17.7 Å². The van der Waals surface area contributed by atoms with Gasteiger partial charge >= 0.3 is 0 Å². The number of nitrogens with one attached hydrogen (secondary N) is 3. The van der Waals surface area contributed by atoms with E-state index in [2.05, 4.69) is 22.0 Å². The van der Waals surface area contributed by atoms with Crippen molar-refractivity contribution in [1.29, 1.82) is 0 Å². The molecule has 0 spiro atoms. The van der Waals surface area contributed by atoms with E-state index in [4.69, 9.17) is 4.74 Å². The molecule has 1 aromatic rings. The first kappa shape index (κ1) is 28.0. The van der Waals surface area contributed by atoms with Crippen LogP contribution in [0.3, 0.4) is 0 Å². The van der Waals surface area contributed by atoms with Crippen molar-refractivity contribution in [3.8, 4) is 5.75 Å². The van der Waals surface area contributed by atoms with Gasteiger partial charge < -0.3 is 25.6 Å².